The number of carbonyl (C=O) groups excluding carboxylic acids is 1. The molecule has 3 rings (SSSR count). The van der Waals surface area contributed by atoms with Crippen LogP contribution < -0.4 is 5.32 Å². The predicted octanol–water partition coefficient (Wildman–Crippen LogP) is 0.439. The van der Waals surface area contributed by atoms with Gasteiger partial charge in [0, 0.05) is 31.2 Å². The van der Waals surface area contributed by atoms with E-state index in [-0.39, 0.29) is 17.9 Å². The Morgan fingerprint density at radius 2 is 2.14 bits per heavy atom. The van der Waals surface area contributed by atoms with Crippen molar-refractivity contribution in [2.75, 3.05) is 19.6 Å². The Morgan fingerprint density at radius 1 is 1.32 bits per heavy atom. The first-order valence-corrected chi connectivity index (χ1v) is 6.90. The number of fused-ring (bicyclic) bond motifs is 1. The zero-order chi connectivity index (χ0) is 15.7. The number of nitrogens with zero attached hydrogens (tertiary/aromatic N) is 2. The van der Waals surface area contributed by atoms with Crippen molar-refractivity contribution in [3.05, 3.63) is 36.0 Å². The molecule has 2 heterocycles. The molecule has 1 saturated heterocycles. The quantitative estimate of drug-likeness (QED) is 0.744. The van der Waals surface area contributed by atoms with Crippen LogP contribution in [0.1, 0.15) is 10.4 Å². The minimum absolute atomic E-state index is 0.0634. The molecule has 3 N–H and O–H groups in total. The predicted molar refractivity (Wildman–Crippen MR) is 78.7 cm³/mol. The number of hydrogen-bond acceptors (Lipinski definition) is 5. The minimum atomic E-state index is -0.998. The first-order valence-electron chi connectivity index (χ1n) is 6.90. The van der Waals surface area contributed by atoms with Crippen molar-refractivity contribution in [1.29, 1.82) is 0 Å². The molecule has 7 nitrogen and oxygen atoms in total. The average Bonchev–Trinajstić information content (AvgIpc) is 2.55. The first kappa shape index (κ1) is 14.3. The number of aromatic nitrogens is 1. The molecular formula is C15H15N3O4. The number of amides is 1. The third-order valence-electron chi connectivity index (χ3n) is 3.74. The van der Waals surface area contributed by atoms with Crippen LogP contribution in [-0.2, 0) is 4.79 Å². The summed E-state index contributed by atoms with van der Waals surface area (Å²) in [6.45, 7) is 0.853. The molecule has 1 aromatic carbocycles. The molecule has 2 aromatic rings. The molecule has 0 spiro atoms. The Morgan fingerprint density at radius 3 is 2.91 bits per heavy atom. The van der Waals surface area contributed by atoms with Crippen LogP contribution in [0.4, 0.5) is 0 Å². The standard InChI is InChI=1S/C15H15N3O4/c19-13-10(4-3-9-2-1-5-17-12(9)13)14(20)18-7-6-16-11(8-18)15(21)22/h1-5,11,16,19H,6-8H2,(H,21,22)/t11-/m1/s1. The summed E-state index contributed by atoms with van der Waals surface area (Å²) in [6, 6.07) is 6.00. The van der Waals surface area contributed by atoms with Crippen molar-refractivity contribution in [1.82, 2.24) is 15.2 Å². The lowest BCUT2D eigenvalue weighted by molar-refractivity contribution is -0.140. The van der Waals surface area contributed by atoms with Gasteiger partial charge in [0.1, 0.15) is 11.6 Å². The Hall–Kier alpha value is -2.67. The molecule has 7 heteroatoms. The van der Waals surface area contributed by atoms with Crippen LogP contribution in [0.5, 0.6) is 5.75 Å². The van der Waals surface area contributed by atoms with Crippen LogP contribution in [0.15, 0.2) is 30.5 Å². The van der Waals surface area contributed by atoms with E-state index in [0.717, 1.165) is 5.39 Å². The molecule has 1 aliphatic heterocycles. The van der Waals surface area contributed by atoms with E-state index in [1.54, 1.807) is 30.5 Å². The second kappa shape index (κ2) is 5.61. The summed E-state index contributed by atoms with van der Waals surface area (Å²) in [7, 11) is 0. The molecule has 22 heavy (non-hydrogen) atoms. The number of phenols is 1. The van der Waals surface area contributed by atoms with Gasteiger partial charge in [-0.25, -0.2) is 0 Å². The van der Waals surface area contributed by atoms with Crippen molar-refractivity contribution in [3.8, 4) is 5.75 Å². The number of aromatic hydroxyl groups is 1. The highest BCUT2D eigenvalue weighted by atomic mass is 16.4. The third kappa shape index (κ3) is 2.46. The highest BCUT2D eigenvalue weighted by Gasteiger charge is 2.29. The van der Waals surface area contributed by atoms with Crippen molar-refractivity contribution in [2.45, 2.75) is 6.04 Å². The molecule has 1 amide bonds. The second-order valence-corrected chi connectivity index (χ2v) is 5.13. The number of carbonyl (C=O) groups is 2. The third-order valence-corrected chi connectivity index (χ3v) is 3.74. The summed E-state index contributed by atoms with van der Waals surface area (Å²) < 4.78 is 0. The zero-order valence-corrected chi connectivity index (χ0v) is 11.7. The van der Waals surface area contributed by atoms with Crippen LogP contribution in [0.25, 0.3) is 10.9 Å². The van der Waals surface area contributed by atoms with Crippen molar-refractivity contribution < 1.29 is 19.8 Å². The smallest absolute Gasteiger partial charge is 0.322 e. The van der Waals surface area contributed by atoms with E-state index in [4.69, 9.17) is 5.11 Å². The Bertz CT molecular complexity index is 747. The van der Waals surface area contributed by atoms with Crippen molar-refractivity contribution in [3.63, 3.8) is 0 Å². The van der Waals surface area contributed by atoms with Gasteiger partial charge in [-0.3, -0.25) is 14.6 Å². The van der Waals surface area contributed by atoms with Gasteiger partial charge in [0.25, 0.3) is 5.91 Å². The van der Waals surface area contributed by atoms with E-state index in [0.29, 0.717) is 18.6 Å². The number of pyridine rings is 1. The van der Waals surface area contributed by atoms with E-state index in [1.165, 1.54) is 4.90 Å². The van der Waals surface area contributed by atoms with E-state index >= 15 is 0 Å². The fraction of sp³-hybridized carbons (Fsp3) is 0.267. The summed E-state index contributed by atoms with van der Waals surface area (Å²) in [5.41, 5.74) is 0.496. The SMILES string of the molecule is O=C(O)[C@H]1CN(C(=O)c2ccc3cccnc3c2O)CCN1. The van der Waals surface area contributed by atoms with Crippen LogP contribution in [0, 0.1) is 0 Å². The van der Waals surface area contributed by atoms with Crippen LogP contribution in [0.2, 0.25) is 0 Å². The van der Waals surface area contributed by atoms with E-state index in [9.17, 15) is 14.7 Å². The van der Waals surface area contributed by atoms with Gasteiger partial charge >= 0.3 is 5.97 Å². The molecule has 0 aliphatic carbocycles. The van der Waals surface area contributed by atoms with Crippen LogP contribution in [0.3, 0.4) is 0 Å². The first-order chi connectivity index (χ1) is 10.6. The number of carboxylic acids is 1. The van der Waals surface area contributed by atoms with Gasteiger partial charge in [0.05, 0.1) is 5.56 Å². The molecule has 0 bridgehead atoms. The van der Waals surface area contributed by atoms with Gasteiger partial charge in [0.2, 0.25) is 0 Å². The lowest BCUT2D eigenvalue weighted by Gasteiger charge is -2.31. The van der Waals surface area contributed by atoms with Crippen LogP contribution >= 0.6 is 0 Å². The number of rotatable bonds is 2. The van der Waals surface area contributed by atoms with Gasteiger partial charge in [-0.1, -0.05) is 12.1 Å². The number of aliphatic carboxylic acids is 1. The number of nitrogens with one attached hydrogen (secondary N) is 1. The average molecular weight is 301 g/mol. The zero-order valence-electron chi connectivity index (χ0n) is 11.7. The maximum Gasteiger partial charge on any atom is 0.322 e. The Labute approximate surface area is 126 Å². The number of hydrogen-bond donors (Lipinski definition) is 3. The van der Waals surface area contributed by atoms with E-state index in [1.807, 2.05) is 0 Å². The van der Waals surface area contributed by atoms with Gasteiger partial charge in [0.15, 0.2) is 5.75 Å². The normalized spacial score (nSPS) is 18.4. The molecule has 1 aromatic heterocycles. The summed E-state index contributed by atoms with van der Waals surface area (Å²) in [5.74, 6) is -1.56. The van der Waals surface area contributed by atoms with E-state index < -0.39 is 17.9 Å². The summed E-state index contributed by atoms with van der Waals surface area (Å²) in [5, 5.41) is 22.9. The number of piperazine rings is 1. The molecule has 114 valence electrons. The van der Waals surface area contributed by atoms with Crippen molar-refractivity contribution >= 4 is 22.8 Å². The molecule has 0 radical (unpaired) electrons. The fourth-order valence-corrected chi connectivity index (χ4v) is 2.57. The monoisotopic (exact) mass is 301 g/mol. The van der Waals surface area contributed by atoms with Crippen molar-refractivity contribution in [2.24, 2.45) is 0 Å². The molecule has 0 unspecified atom stereocenters. The largest absolute Gasteiger partial charge is 0.505 e. The number of carboxylic acid groups (broad SMARTS) is 1. The molecular weight excluding hydrogens is 286 g/mol. The highest BCUT2D eigenvalue weighted by molar-refractivity contribution is 6.02. The van der Waals surface area contributed by atoms with Gasteiger partial charge in [-0.15, -0.1) is 0 Å². The molecule has 1 atom stereocenters. The Balaban J connectivity index is 1.92. The van der Waals surface area contributed by atoms with Crippen LogP contribution in [-0.4, -0.2) is 57.6 Å². The summed E-state index contributed by atoms with van der Waals surface area (Å²) in [4.78, 5) is 29.1. The molecule has 1 aliphatic rings. The molecule has 0 saturated carbocycles. The molecule has 1 fully saturated rings. The van der Waals surface area contributed by atoms with Gasteiger partial charge in [-0.2, -0.15) is 0 Å². The van der Waals surface area contributed by atoms with Gasteiger partial charge in [-0.05, 0) is 12.1 Å². The van der Waals surface area contributed by atoms with Gasteiger partial charge < -0.3 is 20.4 Å². The van der Waals surface area contributed by atoms with E-state index in [2.05, 4.69) is 10.3 Å². The number of benzene rings is 1. The topological polar surface area (TPSA) is 103 Å². The maximum absolute atomic E-state index is 12.5. The summed E-state index contributed by atoms with van der Waals surface area (Å²) >= 11 is 0. The minimum Gasteiger partial charge on any atom is -0.505 e. The summed E-state index contributed by atoms with van der Waals surface area (Å²) in [6.07, 6.45) is 1.54. The second-order valence-electron chi connectivity index (χ2n) is 5.13. The lowest BCUT2D eigenvalue weighted by Crippen LogP contribution is -2.55. The Kier molecular flexibility index (Phi) is 3.64. The number of phenolic OH excluding ortho intramolecular Hbond substituents is 1. The lowest BCUT2D eigenvalue weighted by atomic mass is 10.1. The fourth-order valence-electron chi connectivity index (χ4n) is 2.57. The highest BCUT2D eigenvalue weighted by Crippen LogP contribution is 2.28. The maximum atomic E-state index is 12.5.